The van der Waals surface area contributed by atoms with Gasteiger partial charge in [0.25, 0.3) is 0 Å². The van der Waals surface area contributed by atoms with Crippen LogP contribution in [0.15, 0.2) is 12.1 Å². The molecule has 1 rings (SSSR count). The molecule has 1 atom stereocenters. The Morgan fingerprint density at radius 1 is 1.32 bits per heavy atom. The zero-order chi connectivity index (χ0) is 14.6. The number of Topliss-reactive ketones (excluding diaryl/α,β-unsaturated/α-hetero) is 1. The van der Waals surface area contributed by atoms with E-state index < -0.39 is 12.0 Å². The Morgan fingerprint density at radius 2 is 1.95 bits per heavy atom. The van der Waals surface area contributed by atoms with Gasteiger partial charge in [0.2, 0.25) is 0 Å². The number of nitrogens with one attached hydrogen (secondary N) is 1. The van der Waals surface area contributed by atoms with Crippen LogP contribution in [-0.2, 0) is 4.79 Å². The van der Waals surface area contributed by atoms with Crippen LogP contribution in [0.1, 0.15) is 27.9 Å². The summed E-state index contributed by atoms with van der Waals surface area (Å²) in [6.07, 6.45) is -0.236. The molecule has 104 valence electrons. The van der Waals surface area contributed by atoms with E-state index in [1.165, 1.54) is 0 Å². The second-order valence-corrected chi connectivity index (χ2v) is 4.44. The summed E-state index contributed by atoms with van der Waals surface area (Å²) in [5.41, 5.74) is 2.15. The summed E-state index contributed by atoms with van der Waals surface area (Å²) in [6, 6.07) is 2.81. The molecule has 0 aliphatic carbocycles. The molecule has 0 aliphatic rings. The number of ketones is 1. The van der Waals surface area contributed by atoms with Crippen LogP contribution in [0, 0.1) is 13.8 Å². The summed E-state index contributed by atoms with van der Waals surface area (Å²) in [5.74, 6) is -0.503. The van der Waals surface area contributed by atoms with Gasteiger partial charge in [-0.15, -0.1) is 0 Å². The molecule has 1 aromatic rings. The van der Waals surface area contributed by atoms with Crippen molar-refractivity contribution in [1.82, 2.24) is 5.32 Å². The Morgan fingerprint density at radius 3 is 2.42 bits per heavy atom. The van der Waals surface area contributed by atoms with Gasteiger partial charge >= 0.3 is 5.97 Å². The minimum atomic E-state index is -1.00. The quantitative estimate of drug-likeness (QED) is 0.763. The molecule has 2 N–H and O–H groups in total. The van der Waals surface area contributed by atoms with Gasteiger partial charge in [-0.1, -0.05) is 0 Å². The van der Waals surface area contributed by atoms with E-state index in [0.717, 1.165) is 11.1 Å². The second-order valence-electron chi connectivity index (χ2n) is 4.44. The van der Waals surface area contributed by atoms with Gasteiger partial charge in [-0.25, -0.2) is 0 Å². The monoisotopic (exact) mass is 265 g/mol. The molecule has 0 aliphatic heterocycles. The van der Waals surface area contributed by atoms with Crippen LogP contribution in [0.2, 0.25) is 0 Å². The van der Waals surface area contributed by atoms with Crippen LogP contribution in [0.4, 0.5) is 0 Å². The summed E-state index contributed by atoms with van der Waals surface area (Å²) >= 11 is 0. The number of rotatable bonds is 6. The van der Waals surface area contributed by atoms with Gasteiger partial charge in [-0.3, -0.25) is 9.59 Å². The molecule has 0 saturated heterocycles. The van der Waals surface area contributed by atoms with Crippen LogP contribution < -0.4 is 10.1 Å². The lowest BCUT2D eigenvalue weighted by Gasteiger charge is -2.16. The zero-order valence-electron chi connectivity index (χ0n) is 11.6. The number of carboxylic acid groups (broad SMARTS) is 1. The highest BCUT2D eigenvalue weighted by molar-refractivity contribution is 6.03. The Hall–Kier alpha value is -1.88. The molecule has 0 spiro atoms. The van der Waals surface area contributed by atoms with Crippen molar-refractivity contribution in [3.8, 4) is 5.75 Å². The molecular weight excluding hydrogens is 246 g/mol. The summed E-state index contributed by atoms with van der Waals surface area (Å²) in [6.45, 7) is 3.66. The first-order chi connectivity index (χ1) is 8.90. The average molecular weight is 265 g/mol. The molecule has 0 saturated carbocycles. The number of benzene rings is 1. The number of aryl methyl sites for hydroxylation is 2. The first-order valence-corrected chi connectivity index (χ1v) is 5.99. The lowest BCUT2D eigenvalue weighted by atomic mass is 9.95. The number of carbonyl (C=O) groups is 2. The maximum atomic E-state index is 12.3. The second kappa shape index (κ2) is 6.33. The highest BCUT2D eigenvalue weighted by atomic mass is 16.5. The van der Waals surface area contributed by atoms with Gasteiger partial charge < -0.3 is 15.2 Å². The predicted octanol–water partition coefficient (Wildman–Crippen LogP) is 1.56. The molecule has 0 fully saturated rings. The van der Waals surface area contributed by atoms with Crippen molar-refractivity contribution >= 4 is 11.8 Å². The molecule has 5 nitrogen and oxygen atoms in total. The lowest BCUT2D eigenvalue weighted by Crippen LogP contribution is -2.36. The Kier molecular flexibility index (Phi) is 5.06. The van der Waals surface area contributed by atoms with E-state index in [1.807, 2.05) is 13.8 Å². The van der Waals surface area contributed by atoms with Gasteiger partial charge in [0, 0.05) is 5.56 Å². The third kappa shape index (κ3) is 3.54. The van der Waals surface area contributed by atoms with Crippen LogP contribution >= 0.6 is 0 Å². The number of ether oxygens (including phenoxy) is 1. The number of hydrogen-bond donors (Lipinski definition) is 2. The van der Waals surface area contributed by atoms with E-state index in [2.05, 4.69) is 5.32 Å². The highest BCUT2D eigenvalue weighted by Crippen LogP contribution is 2.23. The fourth-order valence-electron chi connectivity index (χ4n) is 1.96. The number of methoxy groups -OCH3 is 1. The first kappa shape index (κ1) is 15.2. The zero-order valence-corrected chi connectivity index (χ0v) is 11.6. The van der Waals surface area contributed by atoms with Gasteiger partial charge in [0.05, 0.1) is 19.6 Å². The van der Waals surface area contributed by atoms with E-state index in [9.17, 15) is 9.59 Å². The van der Waals surface area contributed by atoms with Crippen molar-refractivity contribution < 1.29 is 19.4 Å². The number of carbonyl (C=O) groups excluding carboxylic acids is 1. The van der Waals surface area contributed by atoms with E-state index in [4.69, 9.17) is 9.84 Å². The van der Waals surface area contributed by atoms with Gasteiger partial charge in [0.15, 0.2) is 5.78 Å². The SMILES string of the molecule is CNC(CC(=O)O)C(=O)c1cc(C)c(OC)cc1C. The van der Waals surface area contributed by atoms with Crippen LogP contribution in [0.5, 0.6) is 5.75 Å². The largest absolute Gasteiger partial charge is 0.496 e. The smallest absolute Gasteiger partial charge is 0.305 e. The van der Waals surface area contributed by atoms with E-state index >= 15 is 0 Å². The number of aliphatic carboxylic acids is 1. The lowest BCUT2D eigenvalue weighted by molar-refractivity contribution is -0.137. The molecule has 0 bridgehead atoms. The topological polar surface area (TPSA) is 75.6 Å². The third-order valence-corrected chi connectivity index (χ3v) is 3.05. The summed E-state index contributed by atoms with van der Waals surface area (Å²) in [4.78, 5) is 23.1. The molecule has 1 unspecified atom stereocenters. The van der Waals surface area contributed by atoms with Crippen molar-refractivity contribution in [2.24, 2.45) is 0 Å². The van der Waals surface area contributed by atoms with Gasteiger partial charge in [-0.2, -0.15) is 0 Å². The van der Waals surface area contributed by atoms with Crippen LogP contribution in [0.25, 0.3) is 0 Å². The Bertz CT molecular complexity index is 496. The van der Waals surface area contributed by atoms with Gasteiger partial charge in [-0.05, 0) is 44.2 Å². The Balaban J connectivity index is 3.11. The highest BCUT2D eigenvalue weighted by Gasteiger charge is 2.23. The minimum Gasteiger partial charge on any atom is -0.496 e. The summed E-state index contributed by atoms with van der Waals surface area (Å²) in [7, 11) is 3.15. The first-order valence-electron chi connectivity index (χ1n) is 5.99. The van der Waals surface area contributed by atoms with E-state index in [1.54, 1.807) is 26.3 Å². The molecule has 1 aromatic carbocycles. The molecule has 0 amide bonds. The van der Waals surface area contributed by atoms with Gasteiger partial charge in [0.1, 0.15) is 5.75 Å². The number of hydrogen-bond acceptors (Lipinski definition) is 4. The predicted molar refractivity (Wildman–Crippen MR) is 71.9 cm³/mol. The summed E-state index contributed by atoms with van der Waals surface area (Å²) < 4.78 is 5.19. The maximum Gasteiger partial charge on any atom is 0.305 e. The third-order valence-electron chi connectivity index (χ3n) is 3.05. The van der Waals surface area contributed by atoms with Crippen molar-refractivity contribution in [3.63, 3.8) is 0 Å². The van der Waals surface area contributed by atoms with Crippen molar-refractivity contribution in [1.29, 1.82) is 0 Å². The van der Waals surface area contributed by atoms with Crippen molar-refractivity contribution in [3.05, 3.63) is 28.8 Å². The van der Waals surface area contributed by atoms with E-state index in [0.29, 0.717) is 11.3 Å². The molecule has 0 radical (unpaired) electrons. The maximum absolute atomic E-state index is 12.3. The minimum absolute atomic E-state index is 0.215. The molecule has 0 aromatic heterocycles. The van der Waals surface area contributed by atoms with Crippen molar-refractivity contribution in [2.45, 2.75) is 26.3 Å². The number of likely N-dealkylation sites (N-methyl/N-ethyl adjacent to an activating group) is 1. The normalized spacial score (nSPS) is 12.0. The fourth-order valence-corrected chi connectivity index (χ4v) is 1.96. The molecule has 5 heteroatoms. The molecular formula is C14H19NO4. The Labute approximate surface area is 112 Å². The molecule has 0 heterocycles. The molecule has 19 heavy (non-hydrogen) atoms. The average Bonchev–Trinajstić information content (AvgIpc) is 2.37. The van der Waals surface area contributed by atoms with Crippen LogP contribution in [0.3, 0.4) is 0 Å². The van der Waals surface area contributed by atoms with Crippen molar-refractivity contribution in [2.75, 3.05) is 14.2 Å². The van der Waals surface area contributed by atoms with E-state index in [-0.39, 0.29) is 12.2 Å². The number of carboxylic acids is 1. The standard InChI is InChI=1S/C14H19NO4/c1-8-6-12(19-4)9(2)5-10(8)14(18)11(15-3)7-13(16)17/h5-6,11,15H,7H2,1-4H3,(H,16,17). The summed E-state index contributed by atoms with van der Waals surface area (Å²) in [5, 5.41) is 11.5. The van der Waals surface area contributed by atoms with Crippen LogP contribution in [-0.4, -0.2) is 37.1 Å². The fraction of sp³-hybridized carbons (Fsp3) is 0.429.